The molecule has 1 fully saturated rings. The molecule has 0 aliphatic carbocycles. The molecule has 1 aromatic carbocycles. The molecule has 244 valence electrons. The molecule has 1 aliphatic rings. The molecule has 0 unspecified atom stereocenters. The Hall–Kier alpha value is -0.546. The molecule has 5 nitrogen and oxygen atoms in total. The summed E-state index contributed by atoms with van der Waals surface area (Å²) in [4.78, 5) is 0. The summed E-state index contributed by atoms with van der Waals surface area (Å²) in [5, 5.41) is 0.199. The molecule has 7 heteroatoms. The van der Waals surface area contributed by atoms with Gasteiger partial charge in [-0.05, 0) is 47.7 Å². The number of hydrogen-bond donors (Lipinski definition) is 0. The monoisotopic (exact) mass is 622 g/mol. The lowest BCUT2D eigenvalue weighted by atomic mass is 9.77. The summed E-state index contributed by atoms with van der Waals surface area (Å²) in [6, 6.07) is 10.4. The fraction of sp³-hybridized carbons (Fsp3) is 0.829. The highest BCUT2D eigenvalue weighted by Gasteiger charge is 2.55. The summed E-state index contributed by atoms with van der Waals surface area (Å²) >= 11 is 0. The number of rotatable bonds is 13. The Morgan fingerprint density at radius 3 is 1.93 bits per heavy atom. The molecule has 1 aromatic rings. The molecule has 1 aliphatic heterocycles. The number of ether oxygens (including phenoxy) is 3. The first-order chi connectivity index (χ1) is 19.1. The smallest absolute Gasteiger partial charge is 0.192 e. The average Bonchev–Trinajstić information content (AvgIpc) is 2.87. The van der Waals surface area contributed by atoms with Gasteiger partial charge in [-0.1, -0.05) is 106 Å². The van der Waals surface area contributed by atoms with Crippen molar-refractivity contribution in [3.8, 4) is 0 Å². The highest BCUT2D eigenvalue weighted by molar-refractivity contribution is 6.74. The second kappa shape index (κ2) is 14.3. The molecule has 0 aromatic heterocycles. The minimum atomic E-state index is -2.13. The first-order valence-corrected chi connectivity index (χ1v) is 22.1. The van der Waals surface area contributed by atoms with E-state index in [1.54, 1.807) is 0 Å². The van der Waals surface area contributed by atoms with Crippen LogP contribution in [0.5, 0.6) is 0 Å². The minimum Gasteiger partial charge on any atom is -0.413 e. The highest BCUT2D eigenvalue weighted by atomic mass is 28.4. The molecule has 42 heavy (non-hydrogen) atoms. The second-order valence-electron chi connectivity index (χ2n) is 16.4. The molecule has 0 spiro atoms. The zero-order valence-electron chi connectivity index (χ0n) is 30.1. The summed E-state index contributed by atoms with van der Waals surface area (Å²) in [5.41, 5.74) is 1.18. The number of benzene rings is 1. The number of methoxy groups -OCH3 is 1. The van der Waals surface area contributed by atoms with Gasteiger partial charge in [-0.2, -0.15) is 0 Å². The van der Waals surface area contributed by atoms with Crippen LogP contribution in [0.3, 0.4) is 0 Å². The first-order valence-electron chi connectivity index (χ1n) is 16.3. The van der Waals surface area contributed by atoms with Crippen LogP contribution in [0.4, 0.5) is 0 Å². The van der Waals surface area contributed by atoms with Crippen LogP contribution >= 0.6 is 0 Å². The van der Waals surface area contributed by atoms with Gasteiger partial charge in [0, 0.05) is 31.3 Å². The van der Waals surface area contributed by atoms with Crippen LogP contribution in [-0.4, -0.2) is 54.5 Å². The molecule has 2 rings (SSSR count). The SMILES string of the molecule is CO[C@]1([C@@H](C)[C@H](O[Si](C)(C)C(C)(C)C)[C@H](C)COCc2ccccc2)C[C@@H](O[Si](C)(C)C(C)(C)C)[C@H](C)[C@@H](C(C)C)O1. The zero-order valence-corrected chi connectivity index (χ0v) is 32.1. The van der Waals surface area contributed by atoms with E-state index in [1.165, 1.54) is 5.56 Å². The Bertz CT molecular complexity index is 952. The normalized spacial score (nSPS) is 26.7. The maximum absolute atomic E-state index is 7.29. The molecule has 0 saturated carbocycles. The summed E-state index contributed by atoms with van der Waals surface area (Å²) in [5.74, 6) is -0.119. The van der Waals surface area contributed by atoms with Crippen LogP contribution in [0.2, 0.25) is 36.3 Å². The Morgan fingerprint density at radius 1 is 0.905 bits per heavy atom. The third kappa shape index (κ3) is 9.01. The van der Waals surface area contributed by atoms with E-state index in [9.17, 15) is 0 Å². The van der Waals surface area contributed by atoms with Gasteiger partial charge in [0.05, 0.1) is 31.5 Å². The molecule has 0 N–H and O–H groups in total. The van der Waals surface area contributed by atoms with Crippen LogP contribution in [-0.2, 0) is 29.7 Å². The van der Waals surface area contributed by atoms with E-state index in [2.05, 4.69) is 127 Å². The van der Waals surface area contributed by atoms with Crippen LogP contribution in [0.1, 0.15) is 88.1 Å². The molecular formula is C35H66O5Si2. The van der Waals surface area contributed by atoms with Gasteiger partial charge in [-0.15, -0.1) is 0 Å². The molecule has 1 heterocycles. The third-order valence-electron chi connectivity index (χ3n) is 10.7. The second-order valence-corrected chi connectivity index (χ2v) is 25.9. The van der Waals surface area contributed by atoms with E-state index >= 15 is 0 Å². The van der Waals surface area contributed by atoms with Crippen LogP contribution < -0.4 is 0 Å². The lowest BCUT2D eigenvalue weighted by molar-refractivity contribution is -0.335. The predicted molar refractivity (Wildman–Crippen MR) is 182 cm³/mol. The van der Waals surface area contributed by atoms with Gasteiger partial charge in [-0.25, -0.2) is 0 Å². The summed E-state index contributed by atoms with van der Waals surface area (Å²) in [6.45, 7) is 35.8. The van der Waals surface area contributed by atoms with Crippen LogP contribution in [0, 0.1) is 23.7 Å². The van der Waals surface area contributed by atoms with Crippen molar-refractivity contribution in [1.29, 1.82) is 0 Å². The molecule has 1 saturated heterocycles. The molecule has 7 atom stereocenters. The largest absolute Gasteiger partial charge is 0.413 e. The van der Waals surface area contributed by atoms with Gasteiger partial charge >= 0.3 is 0 Å². The molecule has 0 bridgehead atoms. The average molecular weight is 623 g/mol. The van der Waals surface area contributed by atoms with E-state index in [4.69, 9.17) is 23.1 Å². The lowest BCUT2D eigenvalue weighted by Gasteiger charge is -2.55. The molecular weight excluding hydrogens is 557 g/mol. The summed E-state index contributed by atoms with van der Waals surface area (Å²) < 4.78 is 34.4. The van der Waals surface area contributed by atoms with Crippen molar-refractivity contribution >= 4 is 16.6 Å². The summed E-state index contributed by atoms with van der Waals surface area (Å²) in [6.07, 6.45) is 0.661. The highest BCUT2D eigenvalue weighted by Crippen LogP contribution is 2.48. The molecule has 0 amide bonds. The van der Waals surface area contributed by atoms with Gasteiger partial charge in [0.1, 0.15) is 0 Å². The summed E-state index contributed by atoms with van der Waals surface area (Å²) in [7, 11) is -2.34. The van der Waals surface area contributed by atoms with Gasteiger partial charge in [0.15, 0.2) is 22.4 Å². The minimum absolute atomic E-state index is 0.0223. The Morgan fingerprint density at radius 2 is 1.45 bits per heavy atom. The Labute approximate surface area is 262 Å². The van der Waals surface area contributed by atoms with Crippen LogP contribution in [0.15, 0.2) is 30.3 Å². The lowest BCUT2D eigenvalue weighted by Crippen LogP contribution is -2.62. The van der Waals surface area contributed by atoms with Gasteiger partial charge in [-0.3, -0.25) is 0 Å². The molecule has 0 radical (unpaired) electrons. The van der Waals surface area contributed by atoms with E-state index in [1.807, 2.05) is 13.2 Å². The first kappa shape index (κ1) is 37.6. The van der Waals surface area contributed by atoms with Crippen molar-refractivity contribution < 1.29 is 23.1 Å². The van der Waals surface area contributed by atoms with Gasteiger partial charge in [0.2, 0.25) is 0 Å². The van der Waals surface area contributed by atoms with Gasteiger partial charge in [0.25, 0.3) is 0 Å². The van der Waals surface area contributed by atoms with Crippen molar-refractivity contribution in [2.75, 3.05) is 13.7 Å². The van der Waals surface area contributed by atoms with Crippen molar-refractivity contribution in [1.82, 2.24) is 0 Å². The van der Waals surface area contributed by atoms with E-state index < -0.39 is 22.4 Å². The Kier molecular flexibility index (Phi) is 12.8. The maximum Gasteiger partial charge on any atom is 0.192 e. The standard InChI is InChI=1S/C35H66O5Si2/c1-25(2)31-27(4)30(39-41(13,14)33(6,7)8)22-35(36-12,38-31)28(5)32(40-42(15,16)34(9,10)11)26(3)23-37-24-29-20-18-17-19-21-29/h17-21,25-28,30-32H,22-24H2,1-16H3/t26-,27+,28+,30-,31-,32-,35-/m1/s1. The van der Waals surface area contributed by atoms with Crippen LogP contribution in [0.25, 0.3) is 0 Å². The van der Waals surface area contributed by atoms with Gasteiger partial charge < -0.3 is 23.1 Å². The topological polar surface area (TPSA) is 46.2 Å². The van der Waals surface area contributed by atoms with Crippen molar-refractivity contribution in [2.45, 2.75) is 150 Å². The third-order valence-corrected chi connectivity index (χ3v) is 19.6. The number of hydrogen-bond acceptors (Lipinski definition) is 5. The maximum atomic E-state index is 7.29. The Balaban J connectivity index is 2.47. The zero-order chi connectivity index (χ0) is 32.3. The van der Waals surface area contributed by atoms with E-state index in [0.717, 1.165) is 0 Å². The van der Waals surface area contributed by atoms with E-state index in [-0.39, 0.29) is 46.1 Å². The quantitative estimate of drug-likeness (QED) is 0.205. The van der Waals surface area contributed by atoms with Crippen molar-refractivity contribution in [3.05, 3.63) is 35.9 Å². The van der Waals surface area contributed by atoms with Crippen molar-refractivity contribution in [2.24, 2.45) is 23.7 Å². The van der Waals surface area contributed by atoms with Crippen molar-refractivity contribution in [3.63, 3.8) is 0 Å². The fourth-order valence-electron chi connectivity index (χ4n) is 5.63. The van der Waals surface area contributed by atoms with E-state index in [0.29, 0.717) is 25.6 Å². The fourth-order valence-corrected chi connectivity index (χ4v) is 8.51. The predicted octanol–water partition coefficient (Wildman–Crippen LogP) is 9.68.